The standard InChI is InChI=1S/C18H14F5NO/c1-2-9-24(11-18(21,22)23)17(25)15-8-5-13(10-16(15)20)12-3-6-14(19)7-4-12/h2-8,10H,1,9,11H2. The van der Waals surface area contributed by atoms with Crippen molar-refractivity contribution in [3.05, 3.63) is 72.3 Å². The zero-order chi connectivity index (χ0) is 18.6. The molecule has 0 radical (unpaired) electrons. The minimum absolute atomic E-state index is 0.364. The highest BCUT2D eigenvalue weighted by Gasteiger charge is 2.33. The molecule has 25 heavy (non-hydrogen) atoms. The summed E-state index contributed by atoms with van der Waals surface area (Å²) in [6.07, 6.45) is -3.47. The van der Waals surface area contributed by atoms with Crippen molar-refractivity contribution in [1.29, 1.82) is 0 Å². The molecule has 2 rings (SSSR count). The lowest BCUT2D eigenvalue weighted by Gasteiger charge is -2.23. The van der Waals surface area contributed by atoms with Crippen LogP contribution in [0.15, 0.2) is 55.1 Å². The monoisotopic (exact) mass is 355 g/mol. The van der Waals surface area contributed by atoms with Gasteiger partial charge in [0, 0.05) is 6.54 Å². The molecule has 0 saturated heterocycles. The minimum atomic E-state index is -4.61. The minimum Gasteiger partial charge on any atom is -0.326 e. The number of alkyl halides is 3. The van der Waals surface area contributed by atoms with Crippen LogP contribution in [0.5, 0.6) is 0 Å². The molecule has 0 fully saturated rings. The number of rotatable bonds is 5. The van der Waals surface area contributed by atoms with E-state index in [0.717, 1.165) is 18.2 Å². The van der Waals surface area contributed by atoms with Gasteiger partial charge < -0.3 is 4.90 Å². The van der Waals surface area contributed by atoms with Gasteiger partial charge in [-0.05, 0) is 35.4 Å². The molecule has 0 N–H and O–H groups in total. The third kappa shape index (κ3) is 4.89. The van der Waals surface area contributed by atoms with Gasteiger partial charge in [-0.3, -0.25) is 4.79 Å². The highest BCUT2D eigenvalue weighted by Crippen LogP contribution is 2.24. The summed E-state index contributed by atoms with van der Waals surface area (Å²) in [6.45, 7) is 1.44. The van der Waals surface area contributed by atoms with Gasteiger partial charge in [-0.15, -0.1) is 6.58 Å². The van der Waals surface area contributed by atoms with Crippen LogP contribution in [0.4, 0.5) is 22.0 Å². The summed E-state index contributed by atoms with van der Waals surface area (Å²) >= 11 is 0. The maximum absolute atomic E-state index is 14.3. The largest absolute Gasteiger partial charge is 0.406 e. The molecule has 1 amide bonds. The average Bonchev–Trinajstić information content (AvgIpc) is 2.53. The van der Waals surface area contributed by atoms with Gasteiger partial charge in [0.25, 0.3) is 5.91 Å². The summed E-state index contributed by atoms with van der Waals surface area (Å²) in [4.78, 5) is 12.7. The van der Waals surface area contributed by atoms with Crippen LogP contribution in [0.1, 0.15) is 10.4 Å². The Balaban J connectivity index is 2.30. The van der Waals surface area contributed by atoms with Gasteiger partial charge in [0.15, 0.2) is 0 Å². The zero-order valence-electron chi connectivity index (χ0n) is 13.0. The molecule has 0 spiro atoms. The molecular formula is C18H14F5NO. The van der Waals surface area contributed by atoms with Crippen molar-refractivity contribution in [2.45, 2.75) is 6.18 Å². The number of hydrogen-bond acceptors (Lipinski definition) is 1. The molecule has 7 heteroatoms. The summed E-state index contributed by atoms with van der Waals surface area (Å²) < 4.78 is 64.9. The van der Waals surface area contributed by atoms with Gasteiger partial charge in [0.05, 0.1) is 5.56 Å². The van der Waals surface area contributed by atoms with E-state index in [1.54, 1.807) is 0 Å². The van der Waals surface area contributed by atoms with Crippen LogP contribution in [-0.4, -0.2) is 30.1 Å². The second-order valence-electron chi connectivity index (χ2n) is 5.29. The summed E-state index contributed by atoms with van der Waals surface area (Å²) in [5, 5.41) is 0. The molecule has 0 bridgehead atoms. The van der Waals surface area contributed by atoms with Crippen LogP contribution >= 0.6 is 0 Å². The summed E-state index contributed by atoms with van der Waals surface area (Å²) in [7, 11) is 0. The fourth-order valence-corrected chi connectivity index (χ4v) is 2.27. The van der Waals surface area contributed by atoms with Crippen molar-refractivity contribution in [1.82, 2.24) is 4.90 Å². The first-order valence-electron chi connectivity index (χ1n) is 7.23. The van der Waals surface area contributed by atoms with E-state index in [1.807, 2.05) is 0 Å². The van der Waals surface area contributed by atoms with Crippen molar-refractivity contribution < 1.29 is 26.7 Å². The van der Waals surface area contributed by atoms with Gasteiger partial charge in [-0.1, -0.05) is 24.3 Å². The molecule has 0 atom stereocenters. The molecule has 0 saturated carbocycles. The fourth-order valence-electron chi connectivity index (χ4n) is 2.27. The Bertz CT molecular complexity index is 768. The predicted molar refractivity (Wildman–Crippen MR) is 83.9 cm³/mol. The van der Waals surface area contributed by atoms with Crippen LogP contribution in [0.25, 0.3) is 11.1 Å². The van der Waals surface area contributed by atoms with E-state index in [9.17, 15) is 26.7 Å². The maximum atomic E-state index is 14.3. The summed E-state index contributed by atoms with van der Waals surface area (Å²) in [5.41, 5.74) is 0.412. The lowest BCUT2D eigenvalue weighted by atomic mass is 10.0. The van der Waals surface area contributed by atoms with E-state index in [4.69, 9.17) is 0 Å². The molecule has 0 unspecified atom stereocenters. The molecule has 132 valence electrons. The first-order chi connectivity index (χ1) is 11.7. The number of benzene rings is 2. The van der Waals surface area contributed by atoms with Gasteiger partial charge in [-0.2, -0.15) is 13.2 Å². The second kappa shape index (κ2) is 7.46. The highest BCUT2D eigenvalue weighted by atomic mass is 19.4. The van der Waals surface area contributed by atoms with Crippen LogP contribution in [-0.2, 0) is 0 Å². The molecule has 0 aliphatic carbocycles. The van der Waals surface area contributed by atoms with Crippen molar-refractivity contribution in [2.75, 3.05) is 13.1 Å². The Morgan fingerprint density at radius 2 is 1.64 bits per heavy atom. The Labute approximate surface area is 141 Å². The molecule has 2 aromatic carbocycles. The van der Waals surface area contributed by atoms with E-state index in [-0.39, 0.29) is 6.54 Å². The number of nitrogens with zero attached hydrogens (tertiary/aromatic N) is 1. The van der Waals surface area contributed by atoms with Crippen molar-refractivity contribution >= 4 is 5.91 Å². The zero-order valence-corrected chi connectivity index (χ0v) is 13.0. The maximum Gasteiger partial charge on any atom is 0.406 e. The number of carbonyl (C=O) groups is 1. The van der Waals surface area contributed by atoms with Gasteiger partial charge in [-0.25, -0.2) is 8.78 Å². The van der Waals surface area contributed by atoms with Crippen LogP contribution in [0, 0.1) is 11.6 Å². The normalized spacial score (nSPS) is 11.2. The van der Waals surface area contributed by atoms with Crippen LogP contribution in [0.2, 0.25) is 0 Å². The summed E-state index contributed by atoms with van der Waals surface area (Å²) in [6, 6.07) is 8.79. The molecule has 0 heterocycles. The third-order valence-electron chi connectivity index (χ3n) is 3.38. The summed E-state index contributed by atoms with van der Waals surface area (Å²) in [5.74, 6) is -2.49. The van der Waals surface area contributed by atoms with E-state index >= 15 is 0 Å². The average molecular weight is 355 g/mol. The first-order valence-corrected chi connectivity index (χ1v) is 7.23. The quantitative estimate of drug-likeness (QED) is 0.556. The number of amides is 1. The third-order valence-corrected chi connectivity index (χ3v) is 3.38. The Kier molecular flexibility index (Phi) is 5.56. The van der Waals surface area contributed by atoms with Crippen molar-refractivity contribution in [3.63, 3.8) is 0 Å². The highest BCUT2D eigenvalue weighted by molar-refractivity contribution is 5.95. The van der Waals surface area contributed by atoms with Crippen LogP contribution < -0.4 is 0 Å². The Hall–Kier alpha value is -2.70. The molecule has 0 aliphatic rings. The number of halogens is 5. The van der Waals surface area contributed by atoms with Crippen LogP contribution in [0.3, 0.4) is 0 Å². The second-order valence-corrected chi connectivity index (χ2v) is 5.29. The van der Waals surface area contributed by atoms with E-state index in [2.05, 4.69) is 6.58 Å². The predicted octanol–water partition coefficient (Wildman–Crippen LogP) is 4.82. The molecular weight excluding hydrogens is 341 g/mol. The smallest absolute Gasteiger partial charge is 0.326 e. The SMILES string of the molecule is C=CCN(CC(F)(F)F)C(=O)c1ccc(-c2ccc(F)cc2)cc1F. The topological polar surface area (TPSA) is 20.3 Å². The van der Waals surface area contributed by atoms with Gasteiger partial charge in [0.1, 0.15) is 18.2 Å². The Morgan fingerprint density at radius 1 is 1.04 bits per heavy atom. The van der Waals surface area contributed by atoms with Gasteiger partial charge >= 0.3 is 6.18 Å². The van der Waals surface area contributed by atoms with E-state index in [0.29, 0.717) is 16.0 Å². The first kappa shape index (κ1) is 18.6. The molecule has 0 aromatic heterocycles. The van der Waals surface area contributed by atoms with Crippen molar-refractivity contribution in [2.24, 2.45) is 0 Å². The lowest BCUT2D eigenvalue weighted by Crippen LogP contribution is -2.39. The fraction of sp³-hybridized carbons (Fsp3) is 0.167. The lowest BCUT2D eigenvalue weighted by molar-refractivity contribution is -0.139. The van der Waals surface area contributed by atoms with Gasteiger partial charge in [0.2, 0.25) is 0 Å². The molecule has 2 aromatic rings. The van der Waals surface area contributed by atoms with E-state index < -0.39 is 35.8 Å². The molecule has 2 nitrogen and oxygen atoms in total. The van der Waals surface area contributed by atoms with E-state index in [1.165, 1.54) is 30.3 Å². The number of hydrogen-bond donors (Lipinski definition) is 0. The Morgan fingerprint density at radius 3 is 2.16 bits per heavy atom. The number of carbonyl (C=O) groups excluding carboxylic acids is 1. The van der Waals surface area contributed by atoms with Crippen molar-refractivity contribution in [3.8, 4) is 11.1 Å². The molecule has 0 aliphatic heterocycles.